The van der Waals surface area contributed by atoms with Crippen molar-refractivity contribution in [3.63, 3.8) is 0 Å². The fraction of sp³-hybridized carbons (Fsp3) is 0.417. The van der Waals surface area contributed by atoms with Crippen LogP contribution in [0, 0.1) is 0 Å². The number of anilines is 2. The zero-order valence-corrected chi connectivity index (χ0v) is 9.53. The third-order valence-corrected chi connectivity index (χ3v) is 2.81. The van der Waals surface area contributed by atoms with Crippen molar-refractivity contribution in [3.05, 3.63) is 18.2 Å². The summed E-state index contributed by atoms with van der Waals surface area (Å²) in [6.07, 6.45) is -0.00835. The van der Waals surface area contributed by atoms with E-state index in [0.717, 1.165) is 11.4 Å². The summed E-state index contributed by atoms with van der Waals surface area (Å²) in [6.45, 7) is 2.65. The molecule has 0 saturated carbocycles. The molecule has 0 bridgehead atoms. The Bertz CT molecular complexity index is 457. The first-order valence-electron chi connectivity index (χ1n) is 5.66. The van der Waals surface area contributed by atoms with Gasteiger partial charge in [0.1, 0.15) is 18.5 Å². The predicted octanol–water partition coefficient (Wildman–Crippen LogP) is 1.22. The van der Waals surface area contributed by atoms with Crippen LogP contribution in [0.3, 0.4) is 0 Å². The van der Waals surface area contributed by atoms with Gasteiger partial charge >= 0.3 is 0 Å². The molecule has 0 aliphatic carbocycles. The molecule has 90 valence electrons. The van der Waals surface area contributed by atoms with Crippen molar-refractivity contribution in [1.82, 2.24) is 0 Å². The summed E-state index contributed by atoms with van der Waals surface area (Å²) in [7, 11) is 0. The molecule has 3 rings (SSSR count). The molecule has 2 aliphatic heterocycles. The fourth-order valence-corrected chi connectivity index (χ4v) is 1.84. The first kappa shape index (κ1) is 10.4. The van der Waals surface area contributed by atoms with Gasteiger partial charge in [-0.2, -0.15) is 0 Å². The Morgan fingerprint density at radius 3 is 3.00 bits per heavy atom. The number of ether oxygens (including phenoxy) is 2. The van der Waals surface area contributed by atoms with E-state index in [2.05, 4.69) is 10.6 Å². The lowest BCUT2D eigenvalue weighted by Crippen LogP contribution is -2.17. The van der Waals surface area contributed by atoms with Crippen LogP contribution in [-0.4, -0.2) is 31.3 Å². The predicted molar refractivity (Wildman–Crippen MR) is 63.4 cm³/mol. The maximum Gasteiger partial charge on any atom is 0.201 e. The third kappa shape index (κ3) is 2.19. The summed E-state index contributed by atoms with van der Waals surface area (Å²) >= 11 is 0. The molecule has 2 aliphatic rings. The Labute approximate surface area is 99.1 Å². The van der Waals surface area contributed by atoms with Gasteiger partial charge < -0.3 is 20.1 Å². The van der Waals surface area contributed by atoms with E-state index >= 15 is 0 Å². The Kier molecular flexibility index (Phi) is 2.40. The number of nitrogens with one attached hydrogen (secondary N) is 2. The standard InChI is InChI=1S/C12H14N2O3/c1-7-13-9-3-2-8(4-10(9)14-7)16-5-11(15)12-6-17-12/h2-4,7,12-14H,5-6H2,1H3. The van der Waals surface area contributed by atoms with Crippen LogP contribution in [0.1, 0.15) is 6.92 Å². The Hall–Kier alpha value is -1.75. The number of Topliss-reactive ketones (excluding diaryl/α,β-unsaturated/α-hetero) is 1. The van der Waals surface area contributed by atoms with Crippen molar-refractivity contribution >= 4 is 17.2 Å². The van der Waals surface area contributed by atoms with E-state index in [1.807, 2.05) is 25.1 Å². The van der Waals surface area contributed by atoms with Crippen molar-refractivity contribution in [3.8, 4) is 5.75 Å². The molecule has 1 fully saturated rings. The summed E-state index contributed by atoms with van der Waals surface area (Å²) in [5.41, 5.74) is 2.06. The lowest BCUT2D eigenvalue weighted by Gasteiger charge is -2.06. The Morgan fingerprint density at radius 2 is 2.24 bits per heavy atom. The van der Waals surface area contributed by atoms with E-state index in [4.69, 9.17) is 9.47 Å². The van der Waals surface area contributed by atoms with Crippen LogP contribution in [0.2, 0.25) is 0 Å². The summed E-state index contributed by atoms with van der Waals surface area (Å²) in [6, 6.07) is 5.69. The molecular formula is C12H14N2O3. The minimum atomic E-state index is -0.232. The molecule has 1 aromatic carbocycles. The number of fused-ring (bicyclic) bond motifs is 1. The number of epoxide rings is 1. The highest BCUT2D eigenvalue weighted by molar-refractivity contribution is 5.86. The van der Waals surface area contributed by atoms with Crippen molar-refractivity contribution in [1.29, 1.82) is 0 Å². The van der Waals surface area contributed by atoms with Gasteiger partial charge in [-0.3, -0.25) is 4.79 Å². The lowest BCUT2D eigenvalue weighted by atomic mass is 10.2. The number of carbonyl (C=O) groups excluding carboxylic acids is 1. The average molecular weight is 234 g/mol. The van der Waals surface area contributed by atoms with Gasteiger partial charge in [0.05, 0.1) is 24.1 Å². The number of carbonyl (C=O) groups is 1. The Morgan fingerprint density at radius 1 is 1.47 bits per heavy atom. The number of ketones is 1. The van der Waals surface area contributed by atoms with Crippen LogP contribution in [0.15, 0.2) is 18.2 Å². The largest absolute Gasteiger partial charge is 0.486 e. The summed E-state index contributed by atoms with van der Waals surface area (Å²) in [5.74, 6) is 0.700. The van der Waals surface area contributed by atoms with E-state index in [-0.39, 0.29) is 24.7 Å². The van der Waals surface area contributed by atoms with Crippen LogP contribution >= 0.6 is 0 Å². The van der Waals surface area contributed by atoms with Crippen LogP contribution in [-0.2, 0) is 9.53 Å². The normalized spacial score (nSPS) is 24.5. The van der Waals surface area contributed by atoms with Gasteiger partial charge in [0.2, 0.25) is 5.78 Å². The Balaban J connectivity index is 1.64. The van der Waals surface area contributed by atoms with E-state index in [0.29, 0.717) is 12.4 Å². The topological polar surface area (TPSA) is 62.9 Å². The fourth-order valence-electron chi connectivity index (χ4n) is 1.84. The van der Waals surface area contributed by atoms with Gasteiger partial charge in [0, 0.05) is 6.07 Å². The maximum atomic E-state index is 11.4. The second kappa shape index (κ2) is 3.92. The number of rotatable bonds is 4. The molecule has 0 amide bonds. The van der Waals surface area contributed by atoms with Gasteiger partial charge in [-0.05, 0) is 19.1 Å². The first-order chi connectivity index (χ1) is 8.22. The molecule has 0 spiro atoms. The zero-order chi connectivity index (χ0) is 11.8. The quantitative estimate of drug-likeness (QED) is 0.767. The molecule has 2 N–H and O–H groups in total. The zero-order valence-electron chi connectivity index (χ0n) is 9.53. The highest BCUT2D eigenvalue weighted by Gasteiger charge is 2.31. The SMILES string of the molecule is CC1Nc2ccc(OCC(=O)C3CO3)cc2N1. The van der Waals surface area contributed by atoms with Crippen molar-refractivity contribution in [2.75, 3.05) is 23.8 Å². The van der Waals surface area contributed by atoms with E-state index in [1.54, 1.807) is 0 Å². The lowest BCUT2D eigenvalue weighted by molar-refractivity contribution is -0.122. The molecule has 5 heteroatoms. The second-order valence-corrected chi connectivity index (χ2v) is 4.29. The molecule has 17 heavy (non-hydrogen) atoms. The van der Waals surface area contributed by atoms with Crippen LogP contribution in [0.25, 0.3) is 0 Å². The number of benzene rings is 1. The van der Waals surface area contributed by atoms with Crippen molar-refractivity contribution in [2.45, 2.75) is 19.2 Å². The molecule has 1 aromatic rings. The smallest absolute Gasteiger partial charge is 0.201 e. The van der Waals surface area contributed by atoms with Crippen LogP contribution < -0.4 is 15.4 Å². The second-order valence-electron chi connectivity index (χ2n) is 4.29. The molecule has 2 heterocycles. The average Bonchev–Trinajstić information content (AvgIpc) is 3.08. The highest BCUT2D eigenvalue weighted by Crippen LogP contribution is 2.32. The molecule has 0 aromatic heterocycles. The summed E-state index contributed by atoms with van der Waals surface area (Å²) < 4.78 is 10.3. The molecule has 0 radical (unpaired) electrons. The van der Waals surface area contributed by atoms with Gasteiger partial charge in [-0.25, -0.2) is 0 Å². The number of hydrogen-bond donors (Lipinski definition) is 2. The molecule has 2 unspecified atom stereocenters. The molecule has 5 nitrogen and oxygen atoms in total. The van der Waals surface area contributed by atoms with Crippen LogP contribution in [0.5, 0.6) is 5.75 Å². The van der Waals surface area contributed by atoms with Gasteiger partial charge in [0.15, 0.2) is 0 Å². The van der Waals surface area contributed by atoms with Gasteiger partial charge in [-0.1, -0.05) is 0 Å². The van der Waals surface area contributed by atoms with Gasteiger partial charge in [0.25, 0.3) is 0 Å². The maximum absolute atomic E-state index is 11.4. The number of hydrogen-bond acceptors (Lipinski definition) is 5. The van der Waals surface area contributed by atoms with E-state index in [9.17, 15) is 4.79 Å². The first-order valence-corrected chi connectivity index (χ1v) is 5.66. The third-order valence-electron chi connectivity index (χ3n) is 2.81. The van der Waals surface area contributed by atoms with Crippen molar-refractivity contribution < 1.29 is 14.3 Å². The monoisotopic (exact) mass is 234 g/mol. The van der Waals surface area contributed by atoms with E-state index in [1.165, 1.54) is 0 Å². The minimum Gasteiger partial charge on any atom is -0.486 e. The highest BCUT2D eigenvalue weighted by atomic mass is 16.6. The van der Waals surface area contributed by atoms with Crippen LogP contribution in [0.4, 0.5) is 11.4 Å². The summed E-state index contributed by atoms with van der Waals surface area (Å²) in [5, 5.41) is 6.52. The molecular weight excluding hydrogens is 220 g/mol. The minimum absolute atomic E-state index is 0.00458. The van der Waals surface area contributed by atoms with Crippen molar-refractivity contribution in [2.24, 2.45) is 0 Å². The van der Waals surface area contributed by atoms with Gasteiger partial charge in [-0.15, -0.1) is 0 Å². The summed E-state index contributed by atoms with van der Waals surface area (Å²) in [4.78, 5) is 11.4. The molecule has 1 saturated heterocycles. The van der Waals surface area contributed by atoms with E-state index < -0.39 is 0 Å². The molecule has 2 atom stereocenters.